The second kappa shape index (κ2) is 9.88. The summed E-state index contributed by atoms with van der Waals surface area (Å²) in [5, 5.41) is 2.99. The maximum atomic E-state index is 12.9. The van der Waals surface area contributed by atoms with E-state index >= 15 is 0 Å². The third kappa shape index (κ3) is 5.80. The Morgan fingerprint density at radius 2 is 1.96 bits per heavy atom. The van der Waals surface area contributed by atoms with Crippen molar-refractivity contribution in [2.75, 3.05) is 32.7 Å². The van der Waals surface area contributed by atoms with Crippen molar-refractivity contribution in [1.82, 2.24) is 15.1 Å². The highest BCUT2D eigenvalue weighted by molar-refractivity contribution is 5.87. The number of hydrogen-bond acceptors (Lipinski definition) is 3. The van der Waals surface area contributed by atoms with Gasteiger partial charge in [0.15, 0.2) is 0 Å². The van der Waals surface area contributed by atoms with E-state index in [1.807, 2.05) is 4.90 Å². The summed E-state index contributed by atoms with van der Waals surface area (Å²) in [6, 6.07) is 10.8. The molecule has 1 N–H and O–H groups in total. The van der Waals surface area contributed by atoms with Gasteiger partial charge in [0.1, 0.15) is 0 Å². The molecule has 0 radical (unpaired) electrons. The largest absolute Gasteiger partial charge is 0.353 e. The van der Waals surface area contributed by atoms with Gasteiger partial charge in [-0.15, -0.1) is 0 Å². The van der Waals surface area contributed by atoms with Crippen molar-refractivity contribution < 1.29 is 9.59 Å². The molecule has 2 amide bonds. The molecule has 2 aliphatic heterocycles. The predicted octanol–water partition coefficient (Wildman–Crippen LogP) is 2.46. The van der Waals surface area contributed by atoms with Crippen LogP contribution >= 0.6 is 0 Å². The predicted molar refractivity (Wildman–Crippen MR) is 107 cm³/mol. The summed E-state index contributed by atoms with van der Waals surface area (Å²) in [7, 11) is 0. The van der Waals surface area contributed by atoms with Gasteiger partial charge < -0.3 is 15.1 Å². The first-order valence-electron chi connectivity index (χ1n) is 10.5. The average molecular weight is 372 g/mol. The van der Waals surface area contributed by atoms with Gasteiger partial charge >= 0.3 is 0 Å². The molecule has 0 bridgehead atoms. The molecule has 1 aromatic rings. The van der Waals surface area contributed by atoms with Crippen LogP contribution in [0.3, 0.4) is 0 Å². The van der Waals surface area contributed by atoms with Crippen LogP contribution in [-0.2, 0) is 16.0 Å². The van der Waals surface area contributed by atoms with Crippen LogP contribution in [0, 0.1) is 5.92 Å². The zero-order valence-corrected chi connectivity index (χ0v) is 16.5. The number of nitrogens with one attached hydrogen (secondary N) is 1. The summed E-state index contributed by atoms with van der Waals surface area (Å²) in [5.74, 6) is 0.0894. The highest BCUT2D eigenvalue weighted by Crippen LogP contribution is 2.22. The van der Waals surface area contributed by atoms with Gasteiger partial charge in [-0.3, -0.25) is 9.59 Å². The lowest BCUT2D eigenvalue weighted by atomic mass is 9.89. The number of amides is 2. The summed E-state index contributed by atoms with van der Waals surface area (Å²) in [5.41, 5.74) is 1.39. The SMILES string of the molecule is CCC1CC(C(=O)N2CCCN(CCCc3ccccc3)CC2)CC(=O)N1. The van der Waals surface area contributed by atoms with Gasteiger partial charge in [-0.05, 0) is 50.8 Å². The minimum Gasteiger partial charge on any atom is -0.353 e. The van der Waals surface area contributed by atoms with Crippen LogP contribution in [0.1, 0.15) is 44.6 Å². The van der Waals surface area contributed by atoms with Crippen molar-refractivity contribution in [3.05, 3.63) is 35.9 Å². The molecule has 5 heteroatoms. The fourth-order valence-electron chi connectivity index (χ4n) is 4.28. The number of carbonyl (C=O) groups excluding carboxylic acids is 2. The van der Waals surface area contributed by atoms with E-state index in [2.05, 4.69) is 47.5 Å². The first-order chi connectivity index (χ1) is 13.2. The van der Waals surface area contributed by atoms with Gasteiger partial charge in [0.05, 0.1) is 0 Å². The standard InChI is InChI=1S/C22H33N3O2/c1-2-20-16-19(17-21(26)23-20)22(27)25-13-7-12-24(14-15-25)11-6-10-18-8-4-3-5-9-18/h3-5,8-9,19-20H,2,6-7,10-17H2,1H3,(H,23,26). The molecule has 2 aliphatic rings. The monoisotopic (exact) mass is 371 g/mol. The van der Waals surface area contributed by atoms with E-state index in [0.29, 0.717) is 6.42 Å². The molecular formula is C22H33N3O2. The zero-order chi connectivity index (χ0) is 19.1. The lowest BCUT2D eigenvalue weighted by Gasteiger charge is -2.32. The maximum Gasteiger partial charge on any atom is 0.226 e. The van der Waals surface area contributed by atoms with Gasteiger partial charge in [-0.1, -0.05) is 37.3 Å². The Kier molecular flexibility index (Phi) is 7.27. The Labute approximate surface area is 163 Å². The topological polar surface area (TPSA) is 52.7 Å². The van der Waals surface area contributed by atoms with E-state index in [1.165, 1.54) is 5.56 Å². The van der Waals surface area contributed by atoms with E-state index in [-0.39, 0.29) is 23.8 Å². The number of piperidine rings is 1. The van der Waals surface area contributed by atoms with E-state index < -0.39 is 0 Å². The van der Waals surface area contributed by atoms with Crippen molar-refractivity contribution in [3.8, 4) is 0 Å². The van der Waals surface area contributed by atoms with Gasteiger partial charge in [0, 0.05) is 38.0 Å². The summed E-state index contributed by atoms with van der Waals surface area (Å²) >= 11 is 0. The normalized spacial score (nSPS) is 24.3. The molecule has 0 aliphatic carbocycles. The molecule has 0 saturated carbocycles. The van der Waals surface area contributed by atoms with E-state index in [9.17, 15) is 9.59 Å². The smallest absolute Gasteiger partial charge is 0.226 e. The molecule has 27 heavy (non-hydrogen) atoms. The fourth-order valence-corrected chi connectivity index (χ4v) is 4.28. The number of aryl methyl sites for hydroxylation is 1. The third-order valence-electron chi connectivity index (χ3n) is 5.89. The molecule has 2 atom stereocenters. The number of nitrogens with zero attached hydrogens (tertiary/aromatic N) is 2. The van der Waals surface area contributed by atoms with Crippen molar-refractivity contribution in [1.29, 1.82) is 0 Å². The highest BCUT2D eigenvalue weighted by atomic mass is 16.2. The van der Waals surface area contributed by atoms with Crippen LogP contribution in [-0.4, -0.2) is 60.4 Å². The molecule has 2 heterocycles. The second-order valence-electron chi connectivity index (χ2n) is 7.92. The quantitative estimate of drug-likeness (QED) is 0.836. The van der Waals surface area contributed by atoms with Crippen molar-refractivity contribution in [2.45, 2.75) is 51.5 Å². The molecule has 2 saturated heterocycles. The van der Waals surface area contributed by atoms with Crippen LogP contribution in [0.25, 0.3) is 0 Å². The van der Waals surface area contributed by atoms with Crippen molar-refractivity contribution >= 4 is 11.8 Å². The first-order valence-corrected chi connectivity index (χ1v) is 10.5. The molecule has 2 unspecified atom stereocenters. The Bertz CT molecular complexity index is 619. The highest BCUT2D eigenvalue weighted by Gasteiger charge is 2.33. The first kappa shape index (κ1) is 19.9. The maximum absolute atomic E-state index is 12.9. The van der Waals surface area contributed by atoms with E-state index in [0.717, 1.165) is 64.8 Å². The lowest BCUT2D eigenvalue weighted by molar-refractivity contribution is -0.140. The molecule has 1 aromatic carbocycles. The van der Waals surface area contributed by atoms with Crippen LogP contribution < -0.4 is 5.32 Å². The van der Waals surface area contributed by atoms with Crippen molar-refractivity contribution in [3.63, 3.8) is 0 Å². The molecule has 148 valence electrons. The average Bonchev–Trinajstić information content (AvgIpc) is 2.93. The van der Waals surface area contributed by atoms with Gasteiger partial charge in [0.2, 0.25) is 11.8 Å². The number of carbonyl (C=O) groups is 2. The summed E-state index contributed by atoms with van der Waals surface area (Å²) in [4.78, 5) is 29.3. The Morgan fingerprint density at radius 1 is 1.15 bits per heavy atom. The van der Waals surface area contributed by atoms with Crippen LogP contribution in [0.2, 0.25) is 0 Å². The van der Waals surface area contributed by atoms with Gasteiger partial charge in [-0.25, -0.2) is 0 Å². The van der Waals surface area contributed by atoms with Gasteiger partial charge in [0.25, 0.3) is 0 Å². The molecule has 2 fully saturated rings. The van der Waals surface area contributed by atoms with Gasteiger partial charge in [-0.2, -0.15) is 0 Å². The van der Waals surface area contributed by atoms with E-state index in [1.54, 1.807) is 0 Å². The second-order valence-corrected chi connectivity index (χ2v) is 7.92. The summed E-state index contributed by atoms with van der Waals surface area (Å²) in [6.07, 6.45) is 5.32. The molecule has 5 nitrogen and oxygen atoms in total. The summed E-state index contributed by atoms with van der Waals surface area (Å²) < 4.78 is 0. The molecular weight excluding hydrogens is 338 g/mol. The zero-order valence-electron chi connectivity index (χ0n) is 16.5. The number of benzene rings is 1. The fraction of sp³-hybridized carbons (Fsp3) is 0.636. The van der Waals surface area contributed by atoms with Crippen LogP contribution in [0.4, 0.5) is 0 Å². The Balaban J connectivity index is 1.44. The van der Waals surface area contributed by atoms with Crippen LogP contribution in [0.15, 0.2) is 30.3 Å². The molecule has 3 rings (SSSR count). The summed E-state index contributed by atoms with van der Waals surface area (Å²) in [6.45, 7) is 6.76. The Morgan fingerprint density at radius 3 is 2.74 bits per heavy atom. The molecule has 0 aromatic heterocycles. The molecule has 0 spiro atoms. The Hall–Kier alpha value is -1.88. The third-order valence-corrected chi connectivity index (χ3v) is 5.89. The lowest BCUT2D eigenvalue weighted by Crippen LogP contribution is -2.48. The van der Waals surface area contributed by atoms with E-state index in [4.69, 9.17) is 0 Å². The minimum absolute atomic E-state index is 0.0313. The van der Waals surface area contributed by atoms with Crippen molar-refractivity contribution in [2.24, 2.45) is 5.92 Å². The number of hydrogen-bond donors (Lipinski definition) is 1. The number of rotatable bonds is 6. The van der Waals surface area contributed by atoms with Crippen LogP contribution in [0.5, 0.6) is 0 Å². The minimum atomic E-state index is -0.131.